The number of amides is 1. The summed E-state index contributed by atoms with van der Waals surface area (Å²) in [6.07, 6.45) is 9.09. The third kappa shape index (κ3) is 3.21. The maximum absolute atomic E-state index is 12.5. The van der Waals surface area contributed by atoms with Crippen molar-refractivity contribution in [1.29, 1.82) is 0 Å². The lowest BCUT2D eigenvalue weighted by atomic mass is 9.86. The van der Waals surface area contributed by atoms with E-state index in [9.17, 15) is 9.90 Å². The van der Waals surface area contributed by atoms with Crippen LogP contribution in [0, 0.1) is 5.92 Å². The number of aromatic nitrogens is 3. The van der Waals surface area contributed by atoms with Gasteiger partial charge < -0.3 is 10.0 Å². The predicted molar refractivity (Wildman–Crippen MR) is 81.8 cm³/mol. The van der Waals surface area contributed by atoms with Gasteiger partial charge in [0.1, 0.15) is 11.3 Å². The summed E-state index contributed by atoms with van der Waals surface area (Å²) in [5.41, 5.74) is 0.684. The maximum atomic E-state index is 12.5. The average Bonchev–Trinajstić information content (AvgIpc) is 3.05. The second kappa shape index (κ2) is 6.20. The Kier molecular flexibility index (Phi) is 4.29. The van der Waals surface area contributed by atoms with Crippen molar-refractivity contribution in [2.24, 2.45) is 5.92 Å². The minimum atomic E-state index is -1.08. The zero-order valence-electron chi connectivity index (χ0n) is 13.1. The SMILES string of the molecule is CC1CCC(=CC(=O)N2CCC[C@@](O)(c3cn[nH]n3)C2)CC1. The van der Waals surface area contributed by atoms with Gasteiger partial charge in [-0.15, -0.1) is 0 Å². The second-order valence-corrected chi connectivity index (χ2v) is 6.74. The molecule has 3 rings (SSSR count). The van der Waals surface area contributed by atoms with E-state index in [1.54, 1.807) is 11.0 Å². The number of likely N-dealkylation sites (tertiary alicyclic amines) is 1. The van der Waals surface area contributed by atoms with Crippen LogP contribution in [0.2, 0.25) is 0 Å². The molecule has 0 spiro atoms. The highest BCUT2D eigenvalue weighted by atomic mass is 16.3. The van der Waals surface area contributed by atoms with E-state index in [2.05, 4.69) is 22.3 Å². The molecule has 2 heterocycles. The highest BCUT2D eigenvalue weighted by molar-refractivity contribution is 5.88. The Balaban J connectivity index is 1.67. The normalized spacial score (nSPS) is 29.5. The molecule has 1 aliphatic heterocycles. The van der Waals surface area contributed by atoms with Crippen LogP contribution in [0.25, 0.3) is 0 Å². The highest BCUT2D eigenvalue weighted by Crippen LogP contribution is 2.31. The number of hydrogen-bond donors (Lipinski definition) is 2. The van der Waals surface area contributed by atoms with Crippen LogP contribution in [0.5, 0.6) is 0 Å². The van der Waals surface area contributed by atoms with E-state index in [1.165, 1.54) is 24.6 Å². The summed E-state index contributed by atoms with van der Waals surface area (Å²) < 4.78 is 0. The second-order valence-electron chi connectivity index (χ2n) is 6.74. The zero-order chi connectivity index (χ0) is 15.6. The van der Waals surface area contributed by atoms with Gasteiger partial charge in [-0.2, -0.15) is 15.4 Å². The number of carbonyl (C=O) groups is 1. The molecule has 1 aromatic rings. The smallest absolute Gasteiger partial charge is 0.246 e. The van der Waals surface area contributed by atoms with Crippen LogP contribution in [0.15, 0.2) is 17.8 Å². The number of rotatable bonds is 2. The lowest BCUT2D eigenvalue weighted by molar-refractivity contribution is -0.134. The Hall–Kier alpha value is -1.69. The van der Waals surface area contributed by atoms with E-state index in [-0.39, 0.29) is 5.91 Å². The fourth-order valence-electron chi connectivity index (χ4n) is 3.40. The Morgan fingerprint density at radius 3 is 2.95 bits per heavy atom. The van der Waals surface area contributed by atoms with Crippen LogP contribution in [-0.4, -0.2) is 44.4 Å². The van der Waals surface area contributed by atoms with Crippen LogP contribution in [0.1, 0.15) is 51.1 Å². The fourth-order valence-corrected chi connectivity index (χ4v) is 3.40. The van der Waals surface area contributed by atoms with Crippen molar-refractivity contribution in [1.82, 2.24) is 20.3 Å². The summed E-state index contributed by atoms with van der Waals surface area (Å²) in [6.45, 7) is 3.25. The van der Waals surface area contributed by atoms with E-state index in [4.69, 9.17) is 0 Å². The molecule has 120 valence electrons. The molecule has 6 heteroatoms. The van der Waals surface area contributed by atoms with E-state index in [0.717, 1.165) is 25.2 Å². The summed E-state index contributed by atoms with van der Waals surface area (Å²) in [7, 11) is 0. The Labute approximate surface area is 130 Å². The number of hydrogen-bond acceptors (Lipinski definition) is 4. The number of allylic oxidation sites excluding steroid dienone is 1. The van der Waals surface area contributed by atoms with Gasteiger partial charge in [0.2, 0.25) is 5.91 Å². The minimum absolute atomic E-state index is 0.0196. The quantitative estimate of drug-likeness (QED) is 0.816. The molecule has 0 radical (unpaired) electrons. The van der Waals surface area contributed by atoms with Gasteiger partial charge in [0.25, 0.3) is 0 Å². The summed E-state index contributed by atoms with van der Waals surface area (Å²) >= 11 is 0. The summed E-state index contributed by atoms with van der Waals surface area (Å²) in [4.78, 5) is 14.2. The number of aliphatic hydroxyl groups is 1. The van der Waals surface area contributed by atoms with Crippen molar-refractivity contribution in [3.63, 3.8) is 0 Å². The standard InChI is InChI=1S/C16H24N4O2/c1-12-3-5-13(6-4-12)9-15(21)20-8-2-7-16(22,11-20)14-10-17-19-18-14/h9-10,12,22H,2-8,11H2,1H3,(H,17,18,19)/t12?,16-/m0/s1. The monoisotopic (exact) mass is 304 g/mol. The first kappa shape index (κ1) is 15.2. The van der Waals surface area contributed by atoms with Crippen molar-refractivity contribution in [2.75, 3.05) is 13.1 Å². The number of piperidine rings is 1. The van der Waals surface area contributed by atoms with Crippen LogP contribution in [-0.2, 0) is 10.4 Å². The molecule has 1 aliphatic carbocycles. The van der Waals surface area contributed by atoms with Gasteiger partial charge in [0.15, 0.2) is 0 Å². The molecule has 0 unspecified atom stereocenters. The Morgan fingerprint density at radius 1 is 1.50 bits per heavy atom. The molecule has 6 nitrogen and oxygen atoms in total. The molecule has 0 aromatic carbocycles. The number of nitrogens with zero attached hydrogens (tertiary/aromatic N) is 3. The molecule has 22 heavy (non-hydrogen) atoms. The molecular weight excluding hydrogens is 280 g/mol. The predicted octanol–water partition coefficient (Wildman–Crippen LogP) is 1.75. The van der Waals surface area contributed by atoms with Gasteiger partial charge in [0.05, 0.1) is 12.7 Å². The summed E-state index contributed by atoms with van der Waals surface area (Å²) in [5.74, 6) is 0.783. The van der Waals surface area contributed by atoms with Gasteiger partial charge in [0, 0.05) is 12.6 Å². The summed E-state index contributed by atoms with van der Waals surface area (Å²) in [5, 5.41) is 21.0. The van der Waals surface area contributed by atoms with Gasteiger partial charge in [-0.3, -0.25) is 4.79 Å². The van der Waals surface area contributed by atoms with Gasteiger partial charge in [-0.1, -0.05) is 12.5 Å². The first-order valence-electron chi connectivity index (χ1n) is 8.14. The molecule has 1 saturated heterocycles. The molecule has 1 aromatic heterocycles. The number of nitrogens with one attached hydrogen (secondary N) is 1. The third-order valence-electron chi connectivity index (χ3n) is 4.92. The number of carbonyl (C=O) groups excluding carboxylic acids is 1. The van der Waals surface area contributed by atoms with E-state index < -0.39 is 5.60 Å². The molecule has 2 fully saturated rings. The number of aromatic amines is 1. The molecule has 1 amide bonds. The summed E-state index contributed by atoms with van der Waals surface area (Å²) in [6, 6.07) is 0. The molecule has 2 N–H and O–H groups in total. The lowest BCUT2D eigenvalue weighted by Gasteiger charge is -2.37. The maximum Gasteiger partial charge on any atom is 0.246 e. The zero-order valence-corrected chi connectivity index (χ0v) is 13.1. The Bertz CT molecular complexity index is 545. The first-order valence-corrected chi connectivity index (χ1v) is 8.14. The molecule has 1 saturated carbocycles. The topological polar surface area (TPSA) is 82.1 Å². The minimum Gasteiger partial charge on any atom is -0.382 e. The molecule has 1 atom stereocenters. The first-order chi connectivity index (χ1) is 10.6. The van der Waals surface area contributed by atoms with Gasteiger partial charge in [-0.25, -0.2) is 0 Å². The van der Waals surface area contributed by atoms with Crippen LogP contribution in [0.4, 0.5) is 0 Å². The van der Waals surface area contributed by atoms with Gasteiger partial charge in [-0.05, 0) is 44.4 Å². The van der Waals surface area contributed by atoms with Crippen molar-refractivity contribution in [2.45, 2.75) is 51.0 Å². The molecule has 0 bridgehead atoms. The lowest BCUT2D eigenvalue weighted by Crippen LogP contribution is -2.48. The third-order valence-corrected chi connectivity index (χ3v) is 4.92. The largest absolute Gasteiger partial charge is 0.382 e. The molecular formula is C16H24N4O2. The number of H-pyrrole nitrogens is 1. The van der Waals surface area contributed by atoms with Crippen LogP contribution >= 0.6 is 0 Å². The highest BCUT2D eigenvalue weighted by Gasteiger charge is 2.38. The van der Waals surface area contributed by atoms with Crippen LogP contribution < -0.4 is 0 Å². The van der Waals surface area contributed by atoms with Crippen LogP contribution in [0.3, 0.4) is 0 Å². The van der Waals surface area contributed by atoms with Crippen molar-refractivity contribution in [3.8, 4) is 0 Å². The van der Waals surface area contributed by atoms with E-state index in [0.29, 0.717) is 25.2 Å². The average molecular weight is 304 g/mol. The van der Waals surface area contributed by atoms with E-state index in [1.807, 2.05) is 0 Å². The van der Waals surface area contributed by atoms with Crippen molar-refractivity contribution < 1.29 is 9.90 Å². The van der Waals surface area contributed by atoms with E-state index >= 15 is 0 Å². The van der Waals surface area contributed by atoms with Crippen molar-refractivity contribution in [3.05, 3.63) is 23.5 Å². The molecule has 2 aliphatic rings. The fraction of sp³-hybridized carbons (Fsp3) is 0.688. The van der Waals surface area contributed by atoms with Crippen molar-refractivity contribution >= 4 is 5.91 Å². The number of β-amino-alcohol motifs (C(OH)–C–C–N with tert-alkyl or cyclic N) is 1. The van der Waals surface area contributed by atoms with Gasteiger partial charge >= 0.3 is 0 Å². The Morgan fingerprint density at radius 2 is 2.27 bits per heavy atom.